The van der Waals surface area contributed by atoms with Gasteiger partial charge in [0, 0.05) is 30.2 Å². The number of fused-ring (bicyclic) bond motifs is 1. The average molecular weight is 485 g/mol. The minimum absolute atomic E-state index is 0.0432. The molecule has 2 atom stereocenters. The van der Waals surface area contributed by atoms with Crippen LogP contribution in [0.2, 0.25) is 0 Å². The zero-order chi connectivity index (χ0) is 23.6. The van der Waals surface area contributed by atoms with Gasteiger partial charge in [-0.15, -0.1) is 11.3 Å². The van der Waals surface area contributed by atoms with Crippen molar-refractivity contribution in [3.05, 3.63) is 71.2 Å². The Morgan fingerprint density at radius 2 is 1.97 bits per heavy atom. The first-order valence-electron chi connectivity index (χ1n) is 10.4. The third-order valence-corrected chi connectivity index (χ3v) is 7.63. The molecule has 0 radical (unpaired) electrons. The molecule has 0 saturated carbocycles. The Morgan fingerprint density at radius 1 is 1.21 bits per heavy atom. The number of sulfonamides is 1. The maximum Gasteiger partial charge on any atom is 0.244 e. The molecular weight excluding hydrogens is 460 g/mol. The number of anilines is 2. The van der Waals surface area contributed by atoms with Crippen LogP contribution in [0.1, 0.15) is 25.0 Å². The average Bonchev–Trinajstić information content (AvgIpc) is 3.39. The van der Waals surface area contributed by atoms with Crippen molar-refractivity contribution >= 4 is 44.0 Å². The highest BCUT2D eigenvalue weighted by Gasteiger charge is 2.32. The molecule has 8 nitrogen and oxygen atoms in total. The van der Waals surface area contributed by atoms with Crippen LogP contribution in [0.15, 0.2) is 65.0 Å². The van der Waals surface area contributed by atoms with Crippen molar-refractivity contribution in [3.63, 3.8) is 0 Å². The number of benzene rings is 2. The van der Waals surface area contributed by atoms with Crippen LogP contribution in [0.25, 0.3) is 0 Å². The number of rotatable bonds is 7. The largest absolute Gasteiger partial charge is 0.309 e. The van der Waals surface area contributed by atoms with Gasteiger partial charge in [-0.1, -0.05) is 30.3 Å². The molecule has 3 aromatic rings. The van der Waals surface area contributed by atoms with Crippen LogP contribution in [0.4, 0.5) is 10.8 Å². The summed E-state index contributed by atoms with van der Waals surface area (Å²) in [6.07, 6.45) is 2.31. The van der Waals surface area contributed by atoms with Crippen LogP contribution in [-0.2, 0) is 32.5 Å². The summed E-state index contributed by atoms with van der Waals surface area (Å²) in [5.74, 6) is -0.577. The Balaban J connectivity index is 1.60. The van der Waals surface area contributed by atoms with E-state index in [0.29, 0.717) is 11.6 Å². The SMILES string of the molecule is CC(=O)N1c2ccc(S(=O)(=O)N[C@H](Cc3ccccc3)C(=O)Nc3nccs3)cc2C[C@@H]1C. The van der Waals surface area contributed by atoms with E-state index in [1.165, 1.54) is 24.3 Å². The standard InChI is InChI=1S/C23H24N4O4S2/c1-15-12-18-14-19(8-9-21(18)27(15)16(2)28)33(30,31)26-20(13-17-6-4-3-5-7-17)22(29)25-23-24-10-11-32-23/h3-11,14-15,20,26H,12-13H2,1-2H3,(H,24,25,29)/t15-,20+/m0/s1. The fourth-order valence-electron chi connectivity index (χ4n) is 4.03. The van der Waals surface area contributed by atoms with Gasteiger partial charge < -0.3 is 10.2 Å². The molecule has 0 spiro atoms. The number of aromatic nitrogens is 1. The van der Waals surface area contributed by atoms with Gasteiger partial charge in [-0.05, 0) is 49.1 Å². The lowest BCUT2D eigenvalue weighted by molar-refractivity contribution is -0.118. The summed E-state index contributed by atoms with van der Waals surface area (Å²) in [4.78, 5) is 30.7. The van der Waals surface area contributed by atoms with Gasteiger partial charge in [-0.2, -0.15) is 4.72 Å². The first-order chi connectivity index (χ1) is 15.7. The molecule has 1 aromatic heterocycles. The molecule has 0 fully saturated rings. The number of amides is 2. The molecule has 0 bridgehead atoms. The fourth-order valence-corrected chi connectivity index (χ4v) is 5.80. The Hall–Kier alpha value is -3.08. The van der Waals surface area contributed by atoms with E-state index in [1.807, 2.05) is 37.3 Å². The van der Waals surface area contributed by atoms with Crippen molar-refractivity contribution in [3.8, 4) is 0 Å². The Bertz CT molecular complexity index is 1260. The third kappa shape index (κ3) is 5.13. The summed E-state index contributed by atoms with van der Waals surface area (Å²) in [6, 6.07) is 12.8. The molecule has 10 heteroatoms. The lowest BCUT2D eigenvalue weighted by Gasteiger charge is -2.21. The molecule has 0 unspecified atom stereocenters. The van der Waals surface area contributed by atoms with Gasteiger partial charge in [0.2, 0.25) is 21.8 Å². The van der Waals surface area contributed by atoms with Gasteiger partial charge >= 0.3 is 0 Å². The Morgan fingerprint density at radius 3 is 2.64 bits per heavy atom. The smallest absolute Gasteiger partial charge is 0.244 e. The van der Waals surface area contributed by atoms with Crippen molar-refractivity contribution in [1.29, 1.82) is 0 Å². The summed E-state index contributed by atoms with van der Waals surface area (Å²) in [5, 5.41) is 4.80. The van der Waals surface area contributed by atoms with Gasteiger partial charge in [0.1, 0.15) is 6.04 Å². The first-order valence-corrected chi connectivity index (χ1v) is 12.8. The van der Waals surface area contributed by atoms with E-state index in [9.17, 15) is 18.0 Å². The van der Waals surface area contributed by atoms with Crippen molar-refractivity contribution < 1.29 is 18.0 Å². The molecule has 0 saturated heterocycles. The van der Waals surface area contributed by atoms with E-state index in [2.05, 4.69) is 15.0 Å². The van der Waals surface area contributed by atoms with Crippen LogP contribution >= 0.6 is 11.3 Å². The topological polar surface area (TPSA) is 108 Å². The number of thiazole rings is 1. The second kappa shape index (κ2) is 9.42. The van der Waals surface area contributed by atoms with E-state index in [0.717, 1.165) is 16.8 Å². The highest BCUT2D eigenvalue weighted by molar-refractivity contribution is 7.89. The number of hydrogen-bond acceptors (Lipinski definition) is 6. The zero-order valence-corrected chi connectivity index (χ0v) is 19.8. The first kappa shape index (κ1) is 23.1. The lowest BCUT2D eigenvalue weighted by atomic mass is 10.1. The van der Waals surface area contributed by atoms with Crippen LogP contribution in [0.5, 0.6) is 0 Å². The van der Waals surface area contributed by atoms with Crippen LogP contribution in [0.3, 0.4) is 0 Å². The molecule has 0 aliphatic carbocycles. The maximum absolute atomic E-state index is 13.3. The zero-order valence-electron chi connectivity index (χ0n) is 18.2. The predicted octanol–water partition coefficient (Wildman–Crippen LogP) is 2.97. The minimum atomic E-state index is -4.01. The summed E-state index contributed by atoms with van der Waals surface area (Å²) in [6.45, 7) is 3.42. The molecule has 1 aliphatic heterocycles. The van der Waals surface area contributed by atoms with Crippen molar-refractivity contribution in [1.82, 2.24) is 9.71 Å². The number of nitrogens with zero attached hydrogens (tertiary/aromatic N) is 2. The third-order valence-electron chi connectivity index (χ3n) is 5.48. The van der Waals surface area contributed by atoms with Gasteiger partial charge in [0.15, 0.2) is 5.13 Å². The highest BCUT2D eigenvalue weighted by atomic mass is 32.2. The van der Waals surface area contributed by atoms with Crippen LogP contribution < -0.4 is 14.9 Å². The lowest BCUT2D eigenvalue weighted by Crippen LogP contribution is -2.45. The number of carbonyl (C=O) groups excluding carboxylic acids is 2. The van der Waals surface area contributed by atoms with Gasteiger partial charge in [-0.25, -0.2) is 13.4 Å². The summed E-state index contributed by atoms with van der Waals surface area (Å²) in [7, 11) is -4.01. The van der Waals surface area contributed by atoms with Crippen LogP contribution in [-0.4, -0.2) is 37.3 Å². The molecule has 2 amide bonds. The normalized spacial score (nSPS) is 16.3. The number of nitrogens with one attached hydrogen (secondary N) is 2. The molecule has 4 rings (SSSR count). The maximum atomic E-state index is 13.3. The summed E-state index contributed by atoms with van der Waals surface area (Å²) < 4.78 is 29.1. The second-order valence-corrected chi connectivity index (χ2v) is 10.5. The summed E-state index contributed by atoms with van der Waals surface area (Å²) >= 11 is 1.25. The Labute approximate surface area is 196 Å². The summed E-state index contributed by atoms with van der Waals surface area (Å²) in [5.41, 5.74) is 2.32. The predicted molar refractivity (Wildman–Crippen MR) is 128 cm³/mol. The second-order valence-electron chi connectivity index (χ2n) is 7.92. The van der Waals surface area contributed by atoms with Crippen molar-refractivity contribution in [2.75, 3.05) is 10.2 Å². The highest BCUT2D eigenvalue weighted by Crippen LogP contribution is 2.34. The number of hydrogen-bond donors (Lipinski definition) is 2. The van der Waals surface area contributed by atoms with Gasteiger partial charge in [-0.3, -0.25) is 9.59 Å². The van der Waals surface area contributed by atoms with E-state index >= 15 is 0 Å². The molecule has 1 aliphatic rings. The number of carbonyl (C=O) groups is 2. The molecular formula is C23H24N4O4S2. The van der Waals surface area contributed by atoms with Gasteiger partial charge in [0.05, 0.1) is 4.90 Å². The monoisotopic (exact) mass is 484 g/mol. The van der Waals surface area contributed by atoms with Gasteiger partial charge in [0.25, 0.3) is 0 Å². The molecule has 2 aromatic carbocycles. The van der Waals surface area contributed by atoms with Crippen LogP contribution in [0, 0.1) is 0 Å². The fraction of sp³-hybridized carbons (Fsp3) is 0.261. The van der Waals surface area contributed by atoms with E-state index in [-0.39, 0.29) is 23.3 Å². The van der Waals surface area contributed by atoms with Crippen molar-refractivity contribution in [2.45, 2.75) is 43.7 Å². The van der Waals surface area contributed by atoms with E-state index in [4.69, 9.17) is 0 Å². The molecule has 2 N–H and O–H groups in total. The molecule has 2 heterocycles. The van der Waals surface area contributed by atoms with E-state index < -0.39 is 22.0 Å². The Kier molecular flexibility index (Phi) is 6.59. The quantitative estimate of drug-likeness (QED) is 0.536. The van der Waals surface area contributed by atoms with Crippen molar-refractivity contribution in [2.24, 2.45) is 0 Å². The van der Waals surface area contributed by atoms with E-state index in [1.54, 1.807) is 28.6 Å². The minimum Gasteiger partial charge on any atom is -0.309 e. The molecule has 33 heavy (non-hydrogen) atoms. The molecule has 172 valence electrons.